The van der Waals surface area contributed by atoms with Gasteiger partial charge in [-0.05, 0) is 45.6 Å². The third kappa shape index (κ3) is 5.95. The van der Waals surface area contributed by atoms with Gasteiger partial charge in [0, 0.05) is 38.1 Å². The van der Waals surface area contributed by atoms with Gasteiger partial charge >= 0.3 is 6.09 Å². The van der Waals surface area contributed by atoms with E-state index in [9.17, 15) is 9.59 Å². The van der Waals surface area contributed by atoms with Gasteiger partial charge in [0.15, 0.2) is 0 Å². The summed E-state index contributed by atoms with van der Waals surface area (Å²) in [6.45, 7) is 9.49. The summed E-state index contributed by atoms with van der Waals surface area (Å²) in [5, 5.41) is 3.17. The minimum absolute atomic E-state index is 0.0675. The molecule has 2 amide bonds. The van der Waals surface area contributed by atoms with Gasteiger partial charge in [-0.1, -0.05) is 36.8 Å². The lowest BCUT2D eigenvalue weighted by Gasteiger charge is -2.42. The Kier molecular flexibility index (Phi) is 6.83. The van der Waals surface area contributed by atoms with Crippen LogP contribution < -0.4 is 5.32 Å². The molecule has 160 valence electrons. The fourth-order valence-corrected chi connectivity index (χ4v) is 4.13. The summed E-state index contributed by atoms with van der Waals surface area (Å²) in [6, 6.07) is 10.5. The minimum atomic E-state index is -0.487. The standard InChI is InChI=1S/C23H35N3O3/c1-22(2,3)29-21(28)26-14-8-13-25(15-16-26)17-20(27)24-18-23(11-7-12-23)19-9-5-4-6-10-19/h4-6,9-10H,7-8,11-18H2,1-3H3,(H,24,27). The van der Waals surface area contributed by atoms with Crippen molar-refractivity contribution in [2.75, 3.05) is 39.3 Å². The Labute approximate surface area is 174 Å². The molecule has 0 spiro atoms. The van der Waals surface area contributed by atoms with E-state index in [1.54, 1.807) is 4.90 Å². The predicted octanol–water partition coefficient (Wildman–Crippen LogP) is 3.17. The fraction of sp³-hybridized carbons (Fsp3) is 0.652. The number of ether oxygens (including phenoxy) is 1. The molecule has 0 unspecified atom stereocenters. The Balaban J connectivity index is 1.46. The van der Waals surface area contributed by atoms with E-state index < -0.39 is 5.60 Å². The molecule has 2 fully saturated rings. The highest BCUT2D eigenvalue weighted by Crippen LogP contribution is 2.43. The molecule has 1 aliphatic heterocycles. The van der Waals surface area contributed by atoms with Crippen LogP contribution in [0.4, 0.5) is 4.79 Å². The molecule has 6 nitrogen and oxygen atoms in total. The first-order valence-electron chi connectivity index (χ1n) is 10.8. The van der Waals surface area contributed by atoms with E-state index in [1.165, 1.54) is 12.0 Å². The quantitative estimate of drug-likeness (QED) is 0.823. The van der Waals surface area contributed by atoms with Gasteiger partial charge in [-0.2, -0.15) is 0 Å². The summed E-state index contributed by atoms with van der Waals surface area (Å²) in [7, 11) is 0. The summed E-state index contributed by atoms with van der Waals surface area (Å²) >= 11 is 0. The highest BCUT2D eigenvalue weighted by Gasteiger charge is 2.38. The van der Waals surface area contributed by atoms with Gasteiger partial charge in [0.2, 0.25) is 5.91 Å². The van der Waals surface area contributed by atoms with Crippen LogP contribution in [-0.2, 0) is 14.9 Å². The number of hydrogen-bond donors (Lipinski definition) is 1. The molecular formula is C23H35N3O3. The van der Waals surface area contributed by atoms with Crippen LogP contribution in [0.5, 0.6) is 0 Å². The summed E-state index contributed by atoms with van der Waals surface area (Å²) in [5.74, 6) is 0.0675. The second-order valence-electron chi connectivity index (χ2n) is 9.37. The maximum atomic E-state index is 12.6. The summed E-state index contributed by atoms with van der Waals surface area (Å²) in [5.41, 5.74) is 0.942. The third-order valence-corrected chi connectivity index (χ3v) is 5.93. The van der Waals surface area contributed by atoms with Gasteiger partial charge in [0.05, 0.1) is 6.54 Å². The van der Waals surface area contributed by atoms with Crippen LogP contribution in [0.15, 0.2) is 30.3 Å². The second kappa shape index (κ2) is 9.16. The maximum Gasteiger partial charge on any atom is 0.410 e. The first kappa shape index (κ1) is 21.6. The van der Waals surface area contributed by atoms with Gasteiger partial charge in [-0.25, -0.2) is 4.79 Å². The molecule has 1 saturated carbocycles. The van der Waals surface area contributed by atoms with Crippen molar-refractivity contribution in [1.82, 2.24) is 15.1 Å². The van der Waals surface area contributed by atoms with Gasteiger partial charge in [0.1, 0.15) is 5.60 Å². The monoisotopic (exact) mass is 401 g/mol. The molecular weight excluding hydrogens is 366 g/mol. The predicted molar refractivity (Wildman–Crippen MR) is 114 cm³/mol. The number of amides is 2. The Morgan fingerprint density at radius 1 is 1.03 bits per heavy atom. The largest absolute Gasteiger partial charge is 0.444 e. The molecule has 2 aliphatic rings. The van der Waals surface area contributed by atoms with E-state index >= 15 is 0 Å². The molecule has 29 heavy (non-hydrogen) atoms. The molecule has 1 saturated heterocycles. The number of nitrogens with zero attached hydrogens (tertiary/aromatic N) is 2. The zero-order valence-electron chi connectivity index (χ0n) is 18.1. The molecule has 0 bridgehead atoms. The van der Waals surface area contributed by atoms with Gasteiger partial charge in [-0.3, -0.25) is 9.69 Å². The molecule has 1 aromatic carbocycles. The zero-order valence-corrected chi connectivity index (χ0v) is 18.1. The smallest absolute Gasteiger partial charge is 0.410 e. The van der Waals surface area contributed by atoms with E-state index in [1.807, 2.05) is 26.8 Å². The van der Waals surface area contributed by atoms with Gasteiger partial charge in [0.25, 0.3) is 0 Å². The summed E-state index contributed by atoms with van der Waals surface area (Å²) in [6.07, 6.45) is 4.06. The van der Waals surface area contributed by atoms with E-state index in [-0.39, 0.29) is 17.4 Å². The van der Waals surface area contributed by atoms with Crippen molar-refractivity contribution in [3.05, 3.63) is 35.9 Å². The van der Waals surface area contributed by atoms with Crippen LogP contribution in [0, 0.1) is 0 Å². The number of carbonyl (C=O) groups is 2. The van der Waals surface area contributed by atoms with Crippen LogP contribution >= 0.6 is 0 Å². The van der Waals surface area contributed by atoms with Crippen molar-refractivity contribution in [1.29, 1.82) is 0 Å². The number of benzene rings is 1. The van der Waals surface area contributed by atoms with Crippen molar-refractivity contribution in [3.8, 4) is 0 Å². The maximum absolute atomic E-state index is 12.6. The zero-order chi connectivity index (χ0) is 20.9. The van der Waals surface area contributed by atoms with Crippen LogP contribution in [-0.4, -0.2) is 66.7 Å². The molecule has 3 rings (SSSR count). The lowest BCUT2D eigenvalue weighted by molar-refractivity contribution is -0.122. The average Bonchev–Trinajstić information content (AvgIpc) is 2.86. The fourth-order valence-electron chi connectivity index (χ4n) is 4.13. The molecule has 1 aliphatic carbocycles. The number of carbonyl (C=O) groups excluding carboxylic acids is 2. The molecule has 0 aromatic heterocycles. The molecule has 6 heteroatoms. The highest BCUT2D eigenvalue weighted by atomic mass is 16.6. The lowest BCUT2D eigenvalue weighted by atomic mass is 9.64. The molecule has 0 radical (unpaired) electrons. The number of hydrogen-bond acceptors (Lipinski definition) is 4. The van der Waals surface area contributed by atoms with E-state index in [4.69, 9.17) is 4.74 Å². The average molecular weight is 402 g/mol. The summed E-state index contributed by atoms with van der Waals surface area (Å²) in [4.78, 5) is 28.8. The number of nitrogens with one attached hydrogen (secondary N) is 1. The lowest BCUT2D eigenvalue weighted by Crippen LogP contribution is -2.48. The Morgan fingerprint density at radius 3 is 2.38 bits per heavy atom. The van der Waals surface area contributed by atoms with Crippen molar-refractivity contribution in [2.24, 2.45) is 0 Å². The Bertz CT molecular complexity index is 695. The Hall–Kier alpha value is -2.08. The van der Waals surface area contributed by atoms with Crippen molar-refractivity contribution < 1.29 is 14.3 Å². The normalized spacial score (nSPS) is 19.8. The first-order valence-corrected chi connectivity index (χ1v) is 10.8. The van der Waals surface area contributed by atoms with Gasteiger partial charge < -0.3 is 15.0 Å². The third-order valence-electron chi connectivity index (χ3n) is 5.93. The van der Waals surface area contributed by atoms with Crippen molar-refractivity contribution >= 4 is 12.0 Å². The van der Waals surface area contributed by atoms with Crippen LogP contribution in [0.2, 0.25) is 0 Å². The van der Waals surface area contributed by atoms with E-state index in [0.717, 1.165) is 25.8 Å². The Morgan fingerprint density at radius 2 is 1.76 bits per heavy atom. The first-order chi connectivity index (χ1) is 13.8. The highest BCUT2D eigenvalue weighted by molar-refractivity contribution is 5.78. The van der Waals surface area contributed by atoms with Gasteiger partial charge in [-0.15, -0.1) is 0 Å². The second-order valence-corrected chi connectivity index (χ2v) is 9.37. The van der Waals surface area contributed by atoms with Crippen molar-refractivity contribution in [2.45, 2.75) is 57.5 Å². The molecule has 0 atom stereocenters. The topological polar surface area (TPSA) is 61.9 Å². The molecule has 1 N–H and O–H groups in total. The van der Waals surface area contributed by atoms with Crippen LogP contribution in [0.1, 0.15) is 52.0 Å². The summed E-state index contributed by atoms with van der Waals surface area (Å²) < 4.78 is 5.48. The van der Waals surface area contributed by atoms with E-state index in [0.29, 0.717) is 32.7 Å². The van der Waals surface area contributed by atoms with Crippen LogP contribution in [0.25, 0.3) is 0 Å². The molecule has 1 heterocycles. The SMILES string of the molecule is CC(C)(C)OC(=O)N1CCCN(CC(=O)NCC2(c3ccccc3)CCC2)CC1. The molecule has 1 aromatic rings. The minimum Gasteiger partial charge on any atom is -0.444 e. The number of rotatable bonds is 5. The van der Waals surface area contributed by atoms with Crippen LogP contribution in [0.3, 0.4) is 0 Å². The van der Waals surface area contributed by atoms with E-state index in [2.05, 4.69) is 34.5 Å². The van der Waals surface area contributed by atoms with Crippen molar-refractivity contribution in [3.63, 3.8) is 0 Å².